The van der Waals surface area contributed by atoms with Crippen LogP contribution in [0.2, 0.25) is 0 Å². The smallest absolute Gasteiger partial charge is 0.336 e. The molecule has 136 valence electrons. The summed E-state index contributed by atoms with van der Waals surface area (Å²) >= 11 is 0. The minimum Gasteiger partial charge on any atom is -0.488 e. The minimum atomic E-state index is -0.964. The van der Waals surface area contributed by atoms with Crippen molar-refractivity contribution in [2.24, 2.45) is 0 Å². The number of carboxylic acid groups (broad SMARTS) is 1. The largest absolute Gasteiger partial charge is 0.488 e. The molecule has 1 N–H and O–H groups in total. The standard InChI is InChI=1S/C24H22O3/c1-3-10-20-17(2)23(19-13-8-5-9-14-19)21(24(25)26)15-22(20)27-16-18-11-6-4-7-12-18/h3-15H,16H2,1-2H3,(H,25,26)/b10-3-. The maximum atomic E-state index is 12.0. The average molecular weight is 358 g/mol. The van der Waals surface area contributed by atoms with Crippen molar-refractivity contribution in [3.05, 3.63) is 95.1 Å². The molecule has 27 heavy (non-hydrogen) atoms. The van der Waals surface area contributed by atoms with Crippen LogP contribution in [-0.4, -0.2) is 11.1 Å². The molecule has 0 bridgehead atoms. The van der Waals surface area contributed by atoms with Gasteiger partial charge in [-0.3, -0.25) is 0 Å². The summed E-state index contributed by atoms with van der Waals surface area (Å²) in [5.41, 5.74) is 4.68. The lowest BCUT2D eigenvalue weighted by Crippen LogP contribution is -2.06. The normalized spacial score (nSPS) is 10.9. The van der Waals surface area contributed by atoms with Gasteiger partial charge in [-0.25, -0.2) is 4.79 Å². The second-order valence-electron chi connectivity index (χ2n) is 6.28. The molecule has 0 radical (unpaired) electrons. The summed E-state index contributed by atoms with van der Waals surface area (Å²) in [5.74, 6) is -0.389. The number of rotatable bonds is 6. The van der Waals surface area contributed by atoms with E-state index in [-0.39, 0.29) is 5.56 Å². The van der Waals surface area contributed by atoms with Crippen molar-refractivity contribution in [1.82, 2.24) is 0 Å². The topological polar surface area (TPSA) is 46.5 Å². The molecule has 0 heterocycles. The molecule has 0 saturated heterocycles. The second-order valence-corrected chi connectivity index (χ2v) is 6.28. The van der Waals surface area contributed by atoms with Gasteiger partial charge in [0.05, 0.1) is 5.56 Å². The van der Waals surface area contributed by atoms with Crippen molar-refractivity contribution in [2.75, 3.05) is 0 Å². The fourth-order valence-corrected chi connectivity index (χ4v) is 3.18. The van der Waals surface area contributed by atoms with E-state index in [1.54, 1.807) is 6.07 Å². The molecular weight excluding hydrogens is 336 g/mol. The van der Waals surface area contributed by atoms with Crippen LogP contribution in [0.4, 0.5) is 0 Å². The molecule has 0 aromatic heterocycles. The minimum absolute atomic E-state index is 0.245. The van der Waals surface area contributed by atoms with Gasteiger partial charge in [-0.2, -0.15) is 0 Å². The fourth-order valence-electron chi connectivity index (χ4n) is 3.18. The van der Waals surface area contributed by atoms with Crippen molar-refractivity contribution in [3.8, 4) is 16.9 Å². The Balaban J connectivity index is 2.12. The summed E-state index contributed by atoms with van der Waals surface area (Å²) in [7, 11) is 0. The van der Waals surface area contributed by atoms with E-state index in [9.17, 15) is 9.90 Å². The average Bonchev–Trinajstić information content (AvgIpc) is 2.69. The Morgan fingerprint density at radius 1 is 1.04 bits per heavy atom. The molecule has 3 rings (SSSR count). The summed E-state index contributed by atoms with van der Waals surface area (Å²) in [6.07, 6.45) is 3.90. The molecule has 0 aliphatic heterocycles. The van der Waals surface area contributed by atoms with E-state index in [0.717, 1.165) is 27.8 Å². The van der Waals surface area contributed by atoms with Crippen LogP contribution in [0, 0.1) is 6.92 Å². The van der Waals surface area contributed by atoms with Crippen LogP contribution in [-0.2, 0) is 6.61 Å². The highest BCUT2D eigenvalue weighted by atomic mass is 16.5. The number of carbonyl (C=O) groups is 1. The highest BCUT2D eigenvalue weighted by molar-refractivity contribution is 5.99. The van der Waals surface area contributed by atoms with E-state index < -0.39 is 5.97 Å². The summed E-state index contributed by atoms with van der Waals surface area (Å²) in [4.78, 5) is 12.0. The van der Waals surface area contributed by atoms with Crippen molar-refractivity contribution in [2.45, 2.75) is 20.5 Å². The lowest BCUT2D eigenvalue weighted by molar-refractivity contribution is 0.0697. The first kappa shape index (κ1) is 18.5. The first-order valence-corrected chi connectivity index (χ1v) is 8.87. The third-order valence-corrected chi connectivity index (χ3v) is 4.45. The molecular formula is C24H22O3. The monoisotopic (exact) mass is 358 g/mol. The van der Waals surface area contributed by atoms with E-state index in [0.29, 0.717) is 12.4 Å². The van der Waals surface area contributed by atoms with E-state index in [2.05, 4.69) is 0 Å². The SMILES string of the molecule is C/C=C\c1c(OCc2ccccc2)cc(C(=O)O)c(-c2ccccc2)c1C. The molecule has 0 unspecified atom stereocenters. The Morgan fingerprint density at radius 2 is 1.67 bits per heavy atom. The summed E-state index contributed by atoms with van der Waals surface area (Å²) in [5, 5.41) is 9.81. The molecule has 3 heteroatoms. The number of benzene rings is 3. The predicted octanol–water partition coefficient (Wildman–Crippen LogP) is 5.97. The number of hydrogen-bond acceptors (Lipinski definition) is 2. The van der Waals surface area contributed by atoms with Crippen LogP contribution in [0.3, 0.4) is 0 Å². The maximum absolute atomic E-state index is 12.0. The zero-order chi connectivity index (χ0) is 19.2. The van der Waals surface area contributed by atoms with E-state index in [4.69, 9.17) is 4.74 Å². The molecule has 0 aliphatic carbocycles. The van der Waals surface area contributed by atoms with Crippen molar-refractivity contribution in [1.29, 1.82) is 0 Å². The van der Waals surface area contributed by atoms with Gasteiger partial charge in [0, 0.05) is 5.56 Å². The lowest BCUT2D eigenvalue weighted by atomic mass is 9.90. The fraction of sp³-hybridized carbons (Fsp3) is 0.125. The van der Waals surface area contributed by atoms with Crippen molar-refractivity contribution >= 4 is 12.0 Å². The van der Waals surface area contributed by atoms with Crippen LogP contribution < -0.4 is 4.74 Å². The molecule has 0 aliphatic rings. The van der Waals surface area contributed by atoms with Crippen LogP contribution in [0.25, 0.3) is 17.2 Å². The summed E-state index contributed by atoms with van der Waals surface area (Å²) in [6, 6.07) is 21.1. The van der Waals surface area contributed by atoms with Crippen molar-refractivity contribution in [3.63, 3.8) is 0 Å². The number of ether oxygens (including phenoxy) is 1. The number of carboxylic acids is 1. The van der Waals surface area contributed by atoms with Gasteiger partial charge in [0.1, 0.15) is 12.4 Å². The summed E-state index contributed by atoms with van der Waals surface area (Å²) in [6.45, 7) is 4.27. The van der Waals surface area contributed by atoms with Gasteiger partial charge < -0.3 is 9.84 Å². The molecule has 0 amide bonds. The first-order chi connectivity index (χ1) is 13.1. The maximum Gasteiger partial charge on any atom is 0.336 e. The Hall–Kier alpha value is -3.33. The van der Waals surface area contributed by atoms with Crippen LogP contribution in [0.1, 0.15) is 34.0 Å². The van der Waals surface area contributed by atoms with Crippen LogP contribution in [0.15, 0.2) is 72.8 Å². The van der Waals surface area contributed by atoms with Gasteiger partial charge in [0.2, 0.25) is 0 Å². The third kappa shape index (κ3) is 4.09. The molecule has 0 atom stereocenters. The van der Waals surface area contributed by atoms with Crippen LogP contribution in [0.5, 0.6) is 5.75 Å². The molecule has 0 fully saturated rings. The Kier molecular flexibility index (Phi) is 5.72. The summed E-state index contributed by atoms with van der Waals surface area (Å²) < 4.78 is 6.02. The van der Waals surface area contributed by atoms with Gasteiger partial charge >= 0.3 is 5.97 Å². The zero-order valence-corrected chi connectivity index (χ0v) is 15.5. The third-order valence-electron chi connectivity index (χ3n) is 4.45. The number of hydrogen-bond donors (Lipinski definition) is 1. The molecule has 3 aromatic rings. The van der Waals surface area contributed by atoms with Gasteiger partial charge in [0.25, 0.3) is 0 Å². The Labute approximate surface area is 159 Å². The van der Waals surface area contributed by atoms with E-state index >= 15 is 0 Å². The van der Waals surface area contributed by atoms with Crippen LogP contribution >= 0.6 is 0 Å². The second kappa shape index (κ2) is 8.37. The lowest BCUT2D eigenvalue weighted by Gasteiger charge is -2.18. The van der Waals surface area contributed by atoms with E-state index in [1.165, 1.54) is 0 Å². The van der Waals surface area contributed by atoms with Crippen molar-refractivity contribution < 1.29 is 14.6 Å². The molecule has 3 aromatic carbocycles. The zero-order valence-electron chi connectivity index (χ0n) is 15.5. The number of allylic oxidation sites excluding steroid dienone is 1. The van der Waals surface area contributed by atoms with Gasteiger partial charge in [-0.15, -0.1) is 0 Å². The number of aromatic carboxylic acids is 1. The highest BCUT2D eigenvalue weighted by Gasteiger charge is 2.20. The van der Waals surface area contributed by atoms with E-state index in [1.807, 2.05) is 86.7 Å². The molecule has 0 spiro atoms. The Bertz CT molecular complexity index is 958. The predicted molar refractivity (Wildman–Crippen MR) is 109 cm³/mol. The van der Waals surface area contributed by atoms with Gasteiger partial charge in [-0.1, -0.05) is 72.8 Å². The quantitative estimate of drug-likeness (QED) is 0.590. The van der Waals surface area contributed by atoms with Gasteiger partial charge in [0.15, 0.2) is 0 Å². The highest BCUT2D eigenvalue weighted by Crippen LogP contribution is 2.36. The molecule has 3 nitrogen and oxygen atoms in total. The molecule has 0 saturated carbocycles. The first-order valence-electron chi connectivity index (χ1n) is 8.87. The van der Waals surface area contributed by atoms with Gasteiger partial charge in [-0.05, 0) is 42.2 Å². The Morgan fingerprint density at radius 3 is 2.26 bits per heavy atom.